The van der Waals surface area contributed by atoms with Gasteiger partial charge in [0.05, 0.1) is 12.1 Å². The molecule has 2 heterocycles. The van der Waals surface area contributed by atoms with E-state index >= 15 is 0 Å². The van der Waals surface area contributed by atoms with E-state index in [0.717, 1.165) is 54.3 Å². The van der Waals surface area contributed by atoms with E-state index in [9.17, 15) is 4.79 Å². The van der Waals surface area contributed by atoms with Gasteiger partial charge in [0.25, 0.3) is 0 Å². The van der Waals surface area contributed by atoms with Gasteiger partial charge in [-0.15, -0.1) is 10.2 Å². The lowest BCUT2D eigenvalue weighted by Gasteiger charge is -2.11. The summed E-state index contributed by atoms with van der Waals surface area (Å²) < 4.78 is 7.39. The summed E-state index contributed by atoms with van der Waals surface area (Å²) in [4.78, 5) is 12.5. The fraction of sp³-hybridized carbons (Fsp3) is 0.348. The van der Waals surface area contributed by atoms with Crippen molar-refractivity contribution in [3.63, 3.8) is 0 Å². The minimum Gasteiger partial charge on any atom is -0.497 e. The topological polar surface area (TPSA) is 69.0 Å². The number of aromatic nitrogens is 3. The number of methoxy groups -OCH3 is 1. The van der Waals surface area contributed by atoms with E-state index in [1.807, 2.05) is 36.4 Å². The maximum absolute atomic E-state index is 12.5. The van der Waals surface area contributed by atoms with Crippen LogP contribution in [0.15, 0.2) is 42.5 Å². The predicted octanol–water partition coefficient (Wildman–Crippen LogP) is 4.90. The van der Waals surface area contributed by atoms with Gasteiger partial charge in [-0.1, -0.05) is 30.2 Å². The molecule has 0 saturated heterocycles. The van der Waals surface area contributed by atoms with Gasteiger partial charge >= 0.3 is 0 Å². The first-order chi connectivity index (χ1) is 14.6. The van der Waals surface area contributed by atoms with Crippen LogP contribution in [0.1, 0.15) is 37.1 Å². The number of hydrogen-bond acceptors (Lipinski definition) is 4. The summed E-state index contributed by atoms with van der Waals surface area (Å²) in [6.45, 7) is 0.894. The fourth-order valence-corrected chi connectivity index (χ4v) is 3.97. The molecule has 2 aromatic carbocycles. The number of halogens is 1. The van der Waals surface area contributed by atoms with Gasteiger partial charge in [-0.25, -0.2) is 0 Å². The van der Waals surface area contributed by atoms with Crippen molar-refractivity contribution in [1.29, 1.82) is 0 Å². The Morgan fingerprint density at radius 2 is 2.07 bits per heavy atom. The van der Waals surface area contributed by atoms with Crippen molar-refractivity contribution in [3.05, 3.63) is 58.9 Å². The first kappa shape index (κ1) is 20.4. The summed E-state index contributed by atoms with van der Waals surface area (Å²) >= 11 is 6.47. The Labute approximate surface area is 181 Å². The van der Waals surface area contributed by atoms with Gasteiger partial charge in [0.2, 0.25) is 5.91 Å². The number of nitrogens with zero attached hydrogens (tertiary/aromatic N) is 3. The normalized spacial score (nSPS) is 13.4. The third-order valence-corrected chi connectivity index (χ3v) is 5.70. The second-order valence-electron chi connectivity index (χ2n) is 7.50. The average molecular weight is 425 g/mol. The standard InChI is InChI=1S/C23H25ClN4O2/c1-30-18-7-5-6-16(14-18)9-12-22(29)25-17-10-11-20(24)19(15-17)23-27-26-21-8-3-2-4-13-28(21)23/h5-7,10-11,14-15H,2-4,8-9,12-13H2,1H3,(H,25,29). The number of amides is 1. The molecule has 0 aliphatic carbocycles. The Morgan fingerprint density at radius 1 is 1.17 bits per heavy atom. The molecule has 0 bridgehead atoms. The zero-order valence-electron chi connectivity index (χ0n) is 17.0. The van der Waals surface area contributed by atoms with Gasteiger partial charge < -0.3 is 14.6 Å². The first-order valence-corrected chi connectivity index (χ1v) is 10.7. The zero-order valence-corrected chi connectivity index (χ0v) is 17.8. The summed E-state index contributed by atoms with van der Waals surface area (Å²) in [5, 5.41) is 12.3. The van der Waals surface area contributed by atoms with E-state index < -0.39 is 0 Å². The van der Waals surface area contributed by atoms with Crippen molar-refractivity contribution < 1.29 is 9.53 Å². The van der Waals surface area contributed by atoms with Gasteiger partial charge in [-0.2, -0.15) is 0 Å². The van der Waals surface area contributed by atoms with Crippen molar-refractivity contribution in [2.45, 2.75) is 45.1 Å². The molecule has 3 aromatic rings. The molecule has 1 aromatic heterocycles. The Balaban J connectivity index is 1.47. The van der Waals surface area contributed by atoms with Gasteiger partial charge in [0.15, 0.2) is 5.82 Å². The number of carbonyl (C=O) groups excluding carboxylic acids is 1. The predicted molar refractivity (Wildman–Crippen MR) is 118 cm³/mol. The molecule has 0 spiro atoms. The largest absolute Gasteiger partial charge is 0.497 e. The highest BCUT2D eigenvalue weighted by atomic mass is 35.5. The highest BCUT2D eigenvalue weighted by Crippen LogP contribution is 2.31. The van der Waals surface area contributed by atoms with Gasteiger partial charge in [0.1, 0.15) is 11.6 Å². The molecule has 6 nitrogen and oxygen atoms in total. The smallest absolute Gasteiger partial charge is 0.224 e. The summed E-state index contributed by atoms with van der Waals surface area (Å²) in [5.41, 5.74) is 2.56. The van der Waals surface area contributed by atoms with E-state index in [4.69, 9.17) is 16.3 Å². The number of hydrogen-bond donors (Lipinski definition) is 1. The Kier molecular flexibility index (Phi) is 6.33. The fourth-order valence-electron chi connectivity index (χ4n) is 3.77. The van der Waals surface area contributed by atoms with Crippen LogP contribution in [0.25, 0.3) is 11.4 Å². The van der Waals surface area contributed by atoms with Crippen molar-refractivity contribution >= 4 is 23.2 Å². The van der Waals surface area contributed by atoms with E-state index in [0.29, 0.717) is 23.6 Å². The Morgan fingerprint density at radius 3 is 2.93 bits per heavy atom. The van der Waals surface area contributed by atoms with Gasteiger partial charge in [0, 0.05) is 30.6 Å². The average Bonchev–Trinajstić information content (AvgIpc) is 3.01. The molecule has 0 unspecified atom stereocenters. The number of anilines is 1. The molecule has 1 aliphatic rings. The molecule has 0 radical (unpaired) electrons. The number of aryl methyl sites for hydroxylation is 2. The van der Waals surface area contributed by atoms with Crippen LogP contribution in [-0.4, -0.2) is 27.8 Å². The number of carbonyl (C=O) groups is 1. The SMILES string of the molecule is COc1cccc(CCC(=O)Nc2ccc(Cl)c(-c3nnc4n3CCCCC4)c2)c1. The summed E-state index contributed by atoms with van der Waals surface area (Å²) in [5.74, 6) is 2.52. The minimum atomic E-state index is -0.0498. The lowest BCUT2D eigenvalue weighted by molar-refractivity contribution is -0.116. The van der Waals surface area contributed by atoms with E-state index in [-0.39, 0.29) is 5.91 Å². The molecule has 7 heteroatoms. The minimum absolute atomic E-state index is 0.0498. The molecule has 4 rings (SSSR count). The lowest BCUT2D eigenvalue weighted by Crippen LogP contribution is -2.12. The molecular weight excluding hydrogens is 400 g/mol. The molecule has 1 amide bonds. The number of rotatable bonds is 6. The number of fused-ring (bicyclic) bond motifs is 1. The third kappa shape index (κ3) is 4.65. The van der Waals surface area contributed by atoms with Crippen molar-refractivity contribution in [2.75, 3.05) is 12.4 Å². The highest BCUT2D eigenvalue weighted by Gasteiger charge is 2.18. The van der Waals surface area contributed by atoms with Crippen LogP contribution >= 0.6 is 11.6 Å². The second-order valence-corrected chi connectivity index (χ2v) is 7.90. The molecule has 0 saturated carbocycles. The zero-order chi connectivity index (χ0) is 20.9. The van der Waals surface area contributed by atoms with E-state index in [2.05, 4.69) is 20.1 Å². The van der Waals surface area contributed by atoms with Crippen molar-refractivity contribution in [3.8, 4) is 17.1 Å². The summed E-state index contributed by atoms with van der Waals surface area (Å²) in [7, 11) is 1.64. The Hall–Kier alpha value is -2.86. The Bertz CT molecular complexity index is 1050. The van der Waals surface area contributed by atoms with Crippen molar-refractivity contribution in [2.24, 2.45) is 0 Å². The maximum atomic E-state index is 12.5. The lowest BCUT2D eigenvalue weighted by atomic mass is 10.1. The van der Waals surface area contributed by atoms with E-state index in [1.54, 1.807) is 13.2 Å². The van der Waals surface area contributed by atoms with Gasteiger partial charge in [-0.3, -0.25) is 4.79 Å². The van der Waals surface area contributed by atoms with Crippen LogP contribution in [0.3, 0.4) is 0 Å². The highest BCUT2D eigenvalue weighted by molar-refractivity contribution is 6.33. The van der Waals surface area contributed by atoms with E-state index in [1.165, 1.54) is 6.42 Å². The number of benzene rings is 2. The first-order valence-electron chi connectivity index (χ1n) is 10.3. The molecule has 1 aliphatic heterocycles. The number of ether oxygens (including phenoxy) is 1. The van der Waals surface area contributed by atoms with Crippen LogP contribution < -0.4 is 10.1 Å². The molecule has 30 heavy (non-hydrogen) atoms. The van der Waals surface area contributed by atoms with Crippen LogP contribution in [0.5, 0.6) is 5.75 Å². The van der Waals surface area contributed by atoms with Crippen LogP contribution in [-0.2, 0) is 24.2 Å². The third-order valence-electron chi connectivity index (χ3n) is 5.38. The number of nitrogens with one attached hydrogen (secondary N) is 1. The molecule has 1 N–H and O–H groups in total. The van der Waals surface area contributed by atoms with Crippen LogP contribution in [0, 0.1) is 0 Å². The monoisotopic (exact) mass is 424 g/mol. The molecular formula is C23H25ClN4O2. The molecule has 0 fully saturated rings. The van der Waals surface area contributed by atoms with Crippen LogP contribution in [0.2, 0.25) is 5.02 Å². The van der Waals surface area contributed by atoms with Gasteiger partial charge in [-0.05, 0) is 55.2 Å². The van der Waals surface area contributed by atoms with Crippen molar-refractivity contribution in [1.82, 2.24) is 14.8 Å². The van der Waals surface area contributed by atoms with Crippen LogP contribution in [0.4, 0.5) is 5.69 Å². The molecule has 156 valence electrons. The summed E-state index contributed by atoms with van der Waals surface area (Å²) in [6.07, 6.45) is 5.39. The second kappa shape index (κ2) is 9.30. The quantitative estimate of drug-likeness (QED) is 0.610. The molecule has 0 atom stereocenters. The maximum Gasteiger partial charge on any atom is 0.224 e. The summed E-state index contributed by atoms with van der Waals surface area (Å²) in [6, 6.07) is 13.3.